The van der Waals surface area contributed by atoms with Gasteiger partial charge >= 0.3 is 0 Å². The highest BCUT2D eigenvalue weighted by molar-refractivity contribution is 9.10. The molecule has 18 heavy (non-hydrogen) atoms. The zero-order chi connectivity index (χ0) is 13.0. The van der Waals surface area contributed by atoms with E-state index in [9.17, 15) is 0 Å². The first-order chi connectivity index (χ1) is 8.72. The molecule has 2 aromatic rings. The van der Waals surface area contributed by atoms with Crippen molar-refractivity contribution in [3.05, 3.63) is 52.5 Å². The summed E-state index contributed by atoms with van der Waals surface area (Å²) in [6.07, 6.45) is 0. The van der Waals surface area contributed by atoms with Gasteiger partial charge in [-0.05, 0) is 30.3 Å². The van der Waals surface area contributed by atoms with Crippen LogP contribution < -0.4 is 15.2 Å². The first-order valence-corrected chi connectivity index (χ1v) is 6.32. The molecule has 0 aliphatic rings. The molecule has 0 atom stereocenters. The fourth-order valence-electron chi connectivity index (χ4n) is 1.60. The Morgan fingerprint density at radius 1 is 1.11 bits per heavy atom. The average molecular weight is 308 g/mol. The smallest absolute Gasteiger partial charge is 0.131 e. The number of hydrogen-bond donors (Lipinski definition) is 1. The molecule has 0 radical (unpaired) electrons. The molecule has 0 heterocycles. The number of rotatable bonds is 4. The molecule has 0 amide bonds. The van der Waals surface area contributed by atoms with Crippen LogP contribution >= 0.6 is 15.9 Å². The molecule has 0 bridgehead atoms. The lowest BCUT2D eigenvalue weighted by atomic mass is 10.2. The van der Waals surface area contributed by atoms with Crippen molar-refractivity contribution in [2.24, 2.45) is 5.73 Å². The SMILES string of the molecule is COc1cccc(Oc2ccc(Br)cc2CN)c1. The minimum absolute atomic E-state index is 0.429. The molecule has 0 fully saturated rings. The van der Waals surface area contributed by atoms with Crippen LogP contribution in [0.5, 0.6) is 17.2 Å². The number of halogens is 1. The third kappa shape index (κ3) is 3.03. The molecule has 0 aromatic heterocycles. The minimum Gasteiger partial charge on any atom is -0.497 e. The van der Waals surface area contributed by atoms with E-state index in [0.29, 0.717) is 6.54 Å². The average Bonchev–Trinajstić information content (AvgIpc) is 2.41. The van der Waals surface area contributed by atoms with Crippen molar-refractivity contribution in [3.8, 4) is 17.2 Å². The summed E-state index contributed by atoms with van der Waals surface area (Å²) in [6.45, 7) is 0.429. The van der Waals surface area contributed by atoms with Gasteiger partial charge in [-0.1, -0.05) is 22.0 Å². The summed E-state index contributed by atoms with van der Waals surface area (Å²) in [6, 6.07) is 13.2. The monoisotopic (exact) mass is 307 g/mol. The van der Waals surface area contributed by atoms with Crippen molar-refractivity contribution in [1.29, 1.82) is 0 Å². The van der Waals surface area contributed by atoms with Crippen molar-refractivity contribution in [3.63, 3.8) is 0 Å². The van der Waals surface area contributed by atoms with Crippen molar-refractivity contribution in [2.75, 3.05) is 7.11 Å². The summed E-state index contributed by atoms with van der Waals surface area (Å²) in [5, 5.41) is 0. The maximum Gasteiger partial charge on any atom is 0.131 e. The summed E-state index contributed by atoms with van der Waals surface area (Å²) in [5.41, 5.74) is 6.65. The van der Waals surface area contributed by atoms with E-state index in [1.54, 1.807) is 7.11 Å². The van der Waals surface area contributed by atoms with Gasteiger partial charge in [0, 0.05) is 22.6 Å². The second kappa shape index (κ2) is 5.89. The van der Waals surface area contributed by atoms with Gasteiger partial charge < -0.3 is 15.2 Å². The number of benzene rings is 2. The van der Waals surface area contributed by atoms with Crippen LogP contribution in [0.25, 0.3) is 0 Å². The van der Waals surface area contributed by atoms with Gasteiger partial charge in [-0.25, -0.2) is 0 Å². The van der Waals surface area contributed by atoms with E-state index in [4.69, 9.17) is 15.2 Å². The molecule has 3 nitrogen and oxygen atoms in total. The number of hydrogen-bond acceptors (Lipinski definition) is 3. The fourth-order valence-corrected chi connectivity index (χ4v) is 2.01. The van der Waals surface area contributed by atoms with E-state index in [0.717, 1.165) is 27.3 Å². The van der Waals surface area contributed by atoms with Gasteiger partial charge in [0.1, 0.15) is 17.2 Å². The zero-order valence-electron chi connectivity index (χ0n) is 10.0. The normalized spacial score (nSPS) is 10.2. The fraction of sp³-hybridized carbons (Fsp3) is 0.143. The van der Waals surface area contributed by atoms with Crippen LogP contribution in [0.2, 0.25) is 0 Å². The van der Waals surface area contributed by atoms with Crippen molar-refractivity contribution >= 4 is 15.9 Å². The Hall–Kier alpha value is -1.52. The molecule has 0 spiro atoms. The van der Waals surface area contributed by atoms with Gasteiger partial charge in [-0.3, -0.25) is 0 Å². The topological polar surface area (TPSA) is 44.5 Å². The van der Waals surface area contributed by atoms with E-state index in [1.807, 2.05) is 42.5 Å². The molecule has 0 aliphatic heterocycles. The molecule has 2 aromatic carbocycles. The lowest BCUT2D eigenvalue weighted by molar-refractivity contribution is 0.408. The Labute approximate surface area is 115 Å². The Morgan fingerprint density at radius 3 is 2.61 bits per heavy atom. The Balaban J connectivity index is 2.27. The van der Waals surface area contributed by atoms with Crippen LogP contribution in [0.3, 0.4) is 0 Å². The van der Waals surface area contributed by atoms with Gasteiger partial charge in [0.15, 0.2) is 0 Å². The third-order valence-electron chi connectivity index (χ3n) is 2.51. The number of ether oxygens (including phenoxy) is 2. The van der Waals surface area contributed by atoms with Crippen molar-refractivity contribution in [2.45, 2.75) is 6.54 Å². The molecule has 0 aliphatic carbocycles. The highest BCUT2D eigenvalue weighted by Gasteiger charge is 2.05. The predicted molar refractivity (Wildman–Crippen MR) is 75.1 cm³/mol. The predicted octanol–water partition coefficient (Wildman–Crippen LogP) is 3.71. The molecule has 0 unspecified atom stereocenters. The standard InChI is InChI=1S/C14H14BrNO2/c1-17-12-3-2-4-13(8-12)18-14-6-5-11(15)7-10(14)9-16/h2-8H,9,16H2,1H3. The van der Waals surface area contributed by atoms with Gasteiger partial charge in [0.05, 0.1) is 7.11 Å². The molecule has 2 rings (SSSR count). The van der Waals surface area contributed by atoms with Crippen LogP contribution in [0, 0.1) is 0 Å². The first-order valence-electron chi connectivity index (χ1n) is 5.53. The summed E-state index contributed by atoms with van der Waals surface area (Å²) >= 11 is 3.41. The van der Waals surface area contributed by atoms with Gasteiger partial charge in [-0.15, -0.1) is 0 Å². The highest BCUT2D eigenvalue weighted by Crippen LogP contribution is 2.29. The third-order valence-corrected chi connectivity index (χ3v) is 3.00. The summed E-state index contributed by atoms with van der Waals surface area (Å²) in [4.78, 5) is 0. The Kier molecular flexibility index (Phi) is 4.23. The van der Waals surface area contributed by atoms with Crippen LogP contribution in [0.4, 0.5) is 0 Å². The maximum atomic E-state index is 5.82. The summed E-state index contributed by atoms with van der Waals surface area (Å²) in [5.74, 6) is 2.25. The van der Waals surface area contributed by atoms with Crippen molar-refractivity contribution in [1.82, 2.24) is 0 Å². The molecule has 94 valence electrons. The first kappa shape index (κ1) is 12.9. The van der Waals surface area contributed by atoms with E-state index >= 15 is 0 Å². The zero-order valence-corrected chi connectivity index (χ0v) is 11.6. The molecule has 4 heteroatoms. The van der Waals surface area contributed by atoms with Gasteiger partial charge in [-0.2, -0.15) is 0 Å². The Bertz CT molecular complexity index is 543. The number of methoxy groups -OCH3 is 1. The maximum absolute atomic E-state index is 5.82. The molecular formula is C14H14BrNO2. The van der Waals surface area contributed by atoms with E-state index in [1.165, 1.54) is 0 Å². The summed E-state index contributed by atoms with van der Waals surface area (Å²) in [7, 11) is 1.63. The van der Waals surface area contributed by atoms with Gasteiger partial charge in [0.2, 0.25) is 0 Å². The molecule has 0 saturated carbocycles. The largest absolute Gasteiger partial charge is 0.497 e. The van der Waals surface area contributed by atoms with E-state index in [-0.39, 0.29) is 0 Å². The molecule has 0 saturated heterocycles. The quantitative estimate of drug-likeness (QED) is 0.936. The summed E-state index contributed by atoms with van der Waals surface area (Å²) < 4.78 is 12.0. The van der Waals surface area contributed by atoms with Crippen LogP contribution in [-0.4, -0.2) is 7.11 Å². The minimum atomic E-state index is 0.429. The second-order valence-corrected chi connectivity index (χ2v) is 4.65. The highest BCUT2D eigenvalue weighted by atomic mass is 79.9. The molecule has 2 N–H and O–H groups in total. The van der Waals surface area contributed by atoms with Crippen LogP contribution in [0.1, 0.15) is 5.56 Å². The van der Waals surface area contributed by atoms with Crippen LogP contribution in [-0.2, 0) is 6.54 Å². The Morgan fingerprint density at radius 2 is 1.89 bits per heavy atom. The molecular weight excluding hydrogens is 294 g/mol. The lowest BCUT2D eigenvalue weighted by Gasteiger charge is -2.11. The lowest BCUT2D eigenvalue weighted by Crippen LogP contribution is -1.99. The van der Waals surface area contributed by atoms with E-state index < -0.39 is 0 Å². The van der Waals surface area contributed by atoms with Crippen LogP contribution in [0.15, 0.2) is 46.9 Å². The van der Waals surface area contributed by atoms with Crippen molar-refractivity contribution < 1.29 is 9.47 Å². The van der Waals surface area contributed by atoms with E-state index in [2.05, 4.69) is 15.9 Å². The number of nitrogens with two attached hydrogens (primary N) is 1. The second-order valence-electron chi connectivity index (χ2n) is 3.74. The van der Waals surface area contributed by atoms with Gasteiger partial charge in [0.25, 0.3) is 0 Å².